The largest absolute Gasteiger partial charge is 0.489 e. The van der Waals surface area contributed by atoms with E-state index < -0.39 is 5.63 Å². The highest BCUT2D eigenvalue weighted by Crippen LogP contribution is 2.35. The number of fused-ring (bicyclic) bond motifs is 1. The fraction of sp³-hybridized carbons (Fsp3) is 0.594. The highest BCUT2D eigenvalue weighted by atomic mass is 16.5. The number of ether oxygens (including phenoxy) is 3. The lowest BCUT2D eigenvalue weighted by molar-refractivity contribution is 0.210. The van der Waals surface area contributed by atoms with Crippen molar-refractivity contribution in [2.24, 2.45) is 0 Å². The average Bonchev–Trinajstić information content (AvgIpc) is 2.84. The smallest absolute Gasteiger partial charge is 0.383 e. The Morgan fingerprint density at radius 3 is 2.30 bits per heavy atom. The van der Waals surface area contributed by atoms with Crippen LogP contribution in [-0.4, -0.2) is 19.3 Å². The van der Waals surface area contributed by atoms with Crippen LogP contribution < -0.4 is 19.8 Å². The molecular formula is C32H48O5. The van der Waals surface area contributed by atoms with Crippen LogP contribution in [0, 0.1) is 0 Å². The molecule has 0 bridgehead atoms. The van der Waals surface area contributed by atoms with E-state index in [4.69, 9.17) is 18.6 Å². The first kappa shape index (κ1) is 30.5. The molecule has 0 amide bonds. The minimum atomic E-state index is -0.528. The fourth-order valence-corrected chi connectivity index (χ4v) is 4.09. The molecule has 37 heavy (non-hydrogen) atoms. The predicted octanol–water partition coefficient (Wildman–Crippen LogP) is 9.17. The summed E-state index contributed by atoms with van der Waals surface area (Å²) < 4.78 is 23.5. The van der Waals surface area contributed by atoms with Gasteiger partial charge in [-0.25, -0.2) is 4.79 Å². The van der Waals surface area contributed by atoms with Gasteiger partial charge in [0.25, 0.3) is 0 Å². The maximum absolute atomic E-state index is 12.8. The van der Waals surface area contributed by atoms with Gasteiger partial charge < -0.3 is 18.6 Å². The van der Waals surface area contributed by atoms with E-state index in [1.807, 2.05) is 26.0 Å². The number of allylic oxidation sites excluding steroid dienone is 3. The highest BCUT2D eigenvalue weighted by molar-refractivity contribution is 5.86. The Hall–Kier alpha value is -2.69. The first-order chi connectivity index (χ1) is 17.8. The summed E-state index contributed by atoms with van der Waals surface area (Å²) in [5.41, 5.74) is 2.54. The molecule has 2 aromatic rings. The lowest BCUT2D eigenvalue weighted by Crippen LogP contribution is -2.15. The molecule has 5 heteroatoms. The van der Waals surface area contributed by atoms with Gasteiger partial charge in [-0.2, -0.15) is 0 Å². The molecule has 0 radical (unpaired) electrons. The van der Waals surface area contributed by atoms with E-state index in [9.17, 15) is 4.79 Å². The molecule has 0 saturated heterocycles. The van der Waals surface area contributed by atoms with Crippen LogP contribution in [0.4, 0.5) is 0 Å². The molecule has 1 heterocycles. The lowest BCUT2D eigenvalue weighted by atomic mass is 10.1. The van der Waals surface area contributed by atoms with E-state index in [1.54, 1.807) is 6.07 Å². The molecule has 0 spiro atoms. The molecule has 0 aliphatic rings. The van der Waals surface area contributed by atoms with Gasteiger partial charge in [0.05, 0.1) is 18.1 Å². The van der Waals surface area contributed by atoms with E-state index in [0.29, 0.717) is 30.3 Å². The summed E-state index contributed by atoms with van der Waals surface area (Å²) in [6.07, 6.45) is 16.0. The lowest BCUT2D eigenvalue weighted by Gasteiger charge is -2.16. The van der Waals surface area contributed by atoms with Gasteiger partial charge in [-0.3, -0.25) is 0 Å². The Kier molecular flexibility index (Phi) is 14.0. The Labute approximate surface area is 223 Å². The van der Waals surface area contributed by atoms with Crippen molar-refractivity contribution >= 4 is 11.0 Å². The molecule has 5 nitrogen and oxygen atoms in total. The summed E-state index contributed by atoms with van der Waals surface area (Å²) in [5.74, 6) is 1.26. The summed E-state index contributed by atoms with van der Waals surface area (Å²) >= 11 is 0. The van der Waals surface area contributed by atoms with Crippen LogP contribution in [0.15, 0.2) is 50.7 Å². The third-order valence-corrected chi connectivity index (χ3v) is 6.16. The van der Waals surface area contributed by atoms with Gasteiger partial charge in [-0.15, -0.1) is 0 Å². The summed E-state index contributed by atoms with van der Waals surface area (Å²) in [6, 6.07) is 5.53. The van der Waals surface area contributed by atoms with E-state index in [-0.39, 0.29) is 11.9 Å². The van der Waals surface area contributed by atoms with E-state index in [1.165, 1.54) is 49.7 Å². The molecule has 0 atom stereocenters. The molecule has 2 rings (SSSR count). The van der Waals surface area contributed by atoms with Crippen LogP contribution in [0.25, 0.3) is 11.0 Å². The van der Waals surface area contributed by atoms with Crippen molar-refractivity contribution in [3.63, 3.8) is 0 Å². The molecule has 0 aliphatic heterocycles. The van der Waals surface area contributed by atoms with Crippen molar-refractivity contribution in [3.8, 4) is 17.2 Å². The number of hydrogen-bond donors (Lipinski definition) is 0. The van der Waals surface area contributed by atoms with Gasteiger partial charge in [0.1, 0.15) is 17.9 Å². The van der Waals surface area contributed by atoms with Crippen molar-refractivity contribution in [2.45, 2.75) is 112 Å². The molecule has 1 aromatic heterocycles. The van der Waals surface area contributed by atoms with E-state index in [0.717, 1.165) is 31.1 Å². The highest BCUT2D eigenvalue weighted by Gasteiger charge is 2.19. The molecule has 0 N–H and O–H groups in total. The number of rotatable bonds is 18. The first-order valence-electron chi connectivity index (χ1n) is 14.1. The topological polar surface area (TPSA) is 57.9 Å². The van der Waals surface area contributed by atoms with E-state index in [2.05, 4.69) is 39.8 Å². The van der Waals surface area contributed by atoms with Crippen molar-refractivity contribution in [1.29, 1.82) is 0 Å². The summed E-state index contributed by atoms with van der Waals surface area (Å²) in [7, 11) is 0. The van der Waals surface area contributed by atoms with Crippen molar-refractivity contribution in [2.75, 3.05) is 13.2 Å². The van der Waals surface area contributed by atoms with Crippen LogP contribution in [0.1, 0.15) is 106 Å². The van der Waals surface area contributed by atoms with Crippen LogP contribution in [-0.2, 0) is 0 Å². The molecule has 0 unspecified atom stereocenters. The summed E-state index contributed by atoms with van der Waals surface area (Å²) in [4.78, 5) is 12.8. The predicted molar refractivity (Wildman–Crippen MR) is 154 cm³/mol. The van der Waals surface area contributed by atoms with Crippen molar-refractivity contribution in [1.82, 2.24) is 0 Å². The van der Waals surface area contributed by atoms with Crippen molar-refractivity contribution in [3.05, 3.63) is 51.9 Å². The summed E-state index contributed by atoms with van der Waals surface area (Å²) in [5, 5.41) is 0.718. The molecule has 0 fully saturated rings. The molecule has 1 aromatic carbocycles. The number of unbranched alkanes of at least 4 members (excludes halogenated alkanes) is 7. The zero-order valence-electron chi connectivity index (χ0n) is 24.0. The van der Waals surface area contributed by atoms with Crippen LogP contribution in [0.2, 0.25) is 0 Å². The Morgan fingerprint density at radius 1 is 0.919 bits per heavy atom. The van der Waals surface area contributed by atoms with Gasteiger partial charge in [-0.05, 0) is 72.1 Å². The Bertz CT molecular complexity index is 1060. The molecule has 0 saturated carbocycles. The van der Waals surface area contributed by atoms with Crippen LogP contribution in [0.5, 0.6) is 17.2 Å². The number of hydrogen-bond acceptors (Lipinski definition) is 5. The van der Waals surface area contributed by atoms with Crippen molar-refractivity contribution < 1.29 is 18.6 Å². The van der Waals surface area contributed by atoms with Crippen LogP contribution >= 0.6 is 0 Å². The third kappa shape index (κ3) is 11.5. The first-order valence-corrected chi connectivity index (χ1v) is 14.1. The molecular weight excluding hydrogens is 464 g/mol. The Morgan fingerprint density at radius 2 is 1.62 bits per heavy atom. The maximum Gasteiger partial charge on any atom is 0.383 e. The fourth-order valence-electron chi connectivity index (χ4n) is 4.09. The second kappa shape index (κ2) is 16.9. The molecule has 0 aliphatic carbocycles. The zero-order chi connectivity index (χ0) is 27.0. The Balaban J connectivity index is 2.05. The van der Waals surface area contributed by atoms with Gasteiger partial charge in [0.2, 0.25) is 5.75 Å². The molecule has 206 valence electrons. The standard InChI is InChI=1S/C32H48O5/c1-7-8-9-10-11-12-13-14-21-35-30-28-19-18-27(34-22-20-26(6)17-15-16-24(2)3)23-29(28)37-32(33)31(30)36-25(4)5/h16,18-20,23,25H,7-15,17,21-22H2,1-6H3/b26-20+. The minimum absolute atomic E-state index is 0.144. The van der Waals surface area contributed by atoms with E-state index >= 15 is 0 Å². The van der Waals surface area contributed by atoms with Gasteiger partial charge >= 0.3 is 5.63 Å². The quantitative estimate of drug-likeness (QED) is 0.113. The second-order valence-corrected chi connectivity index (χ2v) is 10.4. The zero-order valence-corrected chi connectivity index (χ0v) is 24.0. The third-order valence-electron chi connectivity index (χ3n) is 6.16. The minimum Gasteiger partial charge on any atom is -0.489 e. The maximum atomic E-state index is 12.8. The van der Waals surface area contributed by atoms with Crippen LogP contribution in [0.3, 0.4) is 0 Å². The normalized spacial score (nSPS) is 11.7. The number of benzene rings is 1. The monoisotopic (exact) mass is 512 g/mol. The SMILES string of the molecule is CCCCCCCCCCOc1c(OC(C)C)c(=O)oc2cc(OC/C=C(\C)CCC=C(C)C)ccc12. The van der Waals surface area contributed by atoms with Gasteiger partial charge in [0, 0.05) is 6.07 Å². The second-order valence-electron chi connectivity index (χ2n) is 10.4. The van der Waals surface area contributed by atoms with Gasteiger partial charge in [0.15, 0.2) is 5.75 Å². The van der Waals surface area contributed by atoms with Gasteiger partial charge in [-0.1, -0.05) is 69.1 Å². The average molecular weight is 513 g/mol. The summed E-state index contributed by atoms with van der Waals surface area (Å²) in [6.45, 7) is 13.4.